The minimum Gasteiger partial charge on any atom is -0.388 e. The van der Waals surface area contributed by atoms with Gasteiger partial charge in [0.15, 0.2) is 5.65 Å². The Kier molecular flexibility index (Phi) is 6.95. The van der Waals surface area contributed by atoms with Crippen LogP contribution in [0.25, 0.3) is 11.2 Å². The largest absolute Gasteiger partial charge is 0.388 e. The van der Waals surface area contributed by atoms with Gasteiger partial charge >= 0.3 is 0 Å². The SMILES string of the molecule is CNc1cc(Cl)ccc1C(=N)c1cnc2[nH]cc(C(=O)NC(COC)C(=O)N3CC(C#N)C3)c2n1. The van der Waals surface area contributed by atoms with Crippen molar-refractivity contribution in [3.8, 4) is 6.07 Å². The fraction of sp³-hybridized carbons (Fsp3) is 0.304. The summed E-state index contributed by atoms with van der Waals surface area (Å²) in [5, 5.41) is 23.8. The lowest BCUT2D eigenvalue weighted by molar-refractivity contribution is -0.139. The number of benzene rings is 1. The highest BCUT2D eigenvalue weighted by Gasteiger charge is 2.35. The van der Waals surface area contributed by atoms with E-state index in [1.54, 1.807) is 25.2 Å². The van der Waals surface area contributed by atoms with E-state index in [0.717, 1.165) is 0 Å². The number of carbonyl (C=O) groups excluding carboxylic acids is 2. The smallest absolute Gasteiger partial charge is 0.255 e. The summed E-state index contributed by atoms with van der Waals surface area (Å²) in [6, 6.07) is 6.29. The van der Waals surface area contributed by atoms with Crippen molar-refractivity contribution in [1.82, 2.24) is 25.2 Å². The number of ether oxygens (including phenoxy) is 1. The van der Waals surface area contributed by atoms with E-state index in [0.29, 0.717) is 35.0 Å². The highest BCUT2D eigenvalue weighted by Crippen LogP contribution is 2.24. The van der Waals surface area contributed by atoms with Gasteiger partial charge in [0.1, 0.15) is 17.3 Å². The maximum absolute atomic E-state index is 13.1. The molecule has 35 heavy (non-hydrogen) atoms. The van der Waals surface area contributed by atoms with E-state index >= 15 is 0 Å². The lowest BCUT2D eigenvalue weighted by Gasteiger charge is -2.37. The zero-order chi connectivity index (χ0) is 25.1. The number of aromatic nitrogens is 3. The molecule has 2 amide bonds. The number of H-pyrrole nitrogens is 1. The predicted octanol–water partition coefficient (Wildman–Crippen LogP) is 1.80. The Labute approximate surface area is 206 Å². The lowest BCUT2D eigenvalue weighted by atomic mass is 10.0. The molecule has 0 aliphatic carbocycles. The van der Waals surface area contributed by atoms with Gasteiger partial charge in [-0.25, -0.2) is 9.97 Å². The van der Waals surface area contributed by atoms with E-state index in [9.17, 15) is 9.59 Å². The quantitative estimate of drug-likeness (QED) is 0.347. The maximum atomic E-state index is 13.1. The van der Waals surface area contributed by atoms with Crippen molar-refractivity contribution >= 4 is 46.0 Å². The molecule has 2 aromatic heterocycles. The number of hydrogen-bond acceptors (Lipinski definition) is 8. The molecular weight excluding hydrogens is 472 g/mol. The first-order valence-electron chi connectivity index (χ1n) is 10.7. The molecular formula is C23H23ClN8O3. The number of fused-ring (bicyclic) bond motifs is 1. The summed E-state index contributed by atoms with van der Waals surface area (Å²) in [4.78, 5) is 39.1. The Bertz CT molecular complexity index is 1340. The van der Waals surface area contributed by atoms with E-state index in [4.69, 9.17) is 27.0 Å². The van der Waals surface area contributed by atoms with Crippen molar-refractivity contribution in [2.75, 3.05) is 39.2 Å². The molecule has 1 atom stereocenters. The van der Waals surface area contributed by atoms with Crippen LogP contribution in [0, 0.1) is 22.7 Å². The zero-order valence-corrected chi connectivity index (χ0v) is 19.8. The average Bonchev–Trinajstić information content (AvgIpc) is 3.26. The molecule has 1 aliphatic rings. The van der Waals surface area contributed by atoms with Gasteiger partial charge in [-0.1, -0.05) is 11.6 Å². The molecule has 1 aliphatic heterocycles. The van der Waals surface area contributed by atoms with E-state index in [1.165, 1.54) is 24.4 Å². The Morgan fingerprint density at radius 3 is 2.86 bits per heavy atom. The van der Waals surface area contributed by atoms with Gasteiger partial charge in [0.05, 0.1) is 36.1 Å². The molecule has 3 heterocycles. The summed E-state index contributed by atoms with van der Waals surface area (Å²) >= 11 is 6.06. The second-order valence-electron chi connectivity index (χ2n) is 8.02. The van der Waals surface area contributed by atoms with Crippen LogP contribution in [0.15, 0.2) is 30.6 Å². The molecule has 1 unspecified atom stereocenters. The third kappa shape index (κ3) is 4.80. The van der Waals surface area contributed by atoms with Crippen molar-refractivity contribution in [3.63, 3.8) is 0 Å². The number of likely N-dealkylation sites (tertiary alicyclic amines) is 1. The van der Waals surface area contributed by atoms with E-state index in [-0.39, 0.29) is 40.9 Å². The van der Waals surface area contributed by atoms with Crippen LogP contribution < -0.4 is 10.6 Å². The van der Waals surface area contributed by atoms with Crippen LogP contribution in [-0.2, 0) is 9.53 Å². The van der Waals surface area contributed by atoms with Gasteiger partial charge < -0.3 is 25.3 Å². The summed E-state index contributed by atoms with van der Waals surface area (Å²) in [6.45, 7) is 0.634. The third-order valence-corrected chi connectivity index (χ3v) is 5.95. The summed E-state index contributed by atoms with van der Waals surface area (Å²) in [7, 11) is 3.16. The molecule has 0 bridgehead atoms. The van der Waals surface area contributed by atoms with Gasteiger partial charge in [-0.05, 0) is 18.2 Å². The average molecular weight is 495 g/mol. The van der Waals surface area contributed by atoms with Crippen LogP contribution in [0.1, 0.15) is 21.6 Å². The molecule has 3 aromatic rings. The Balaban J connectivity index is 1.58. The van der Waals surface area contributed by atoms with Crippen molar-refractivity contribution in [2.24, 2.45) is 5.92 Å². The van der Waals surface area contributed by atoms with Crippen molar-refractivity contribution in [1.29, 1.82) is 10.7 Å². The molecule has 0 spiro atoms. The molecule has 1 fully saturated rings. The summed E-state index contributed by atoms with van der Waals surface area (Å²) in [5.74, 6) is -1.05. The minimum absolute atomic E-state index is 0.0222. The number of hydrogen-bond donors (Lipinski definition) is 4. The Hall–Kier alpha value is -4.01. The molecule has 1 saturated heterocycles. The second kappa shape index (κ2) is 10.1. The number of aromatic amines is 1. The molecule has 0 saturated carbocycles. The molecule has 4 rings (SSSR count). The first-order valence-corrected chi connectivity index (χ1v) is 11.1. The van der Waals surface area contributed by atoms with E-state index in [1.807, 2.05) is 0 Å². The standard InChI is InChI=1S/C23H23ClN8O3/c1-27-16-5-13(24)3-4-14(16)19(26)17-8-29-21-20(30-17)15(7-28-21)22(33)31-18(11-35-2)23(34)32-9-12(6-25)10-32/h3-5,7-8,12,18,26-27H,9-11H2,1-2H3,(H,28,29)(H,31,33). The third-order valence-electron chi connectivity index (χ3n) is 5.71. The summed E-state index contributed by atoms with van der Waals surface area (Å²) in [5.41, 5.74) is 2.40. The van der Waals surface area contributed by atoms with Gasteiger partial charge in [0, 0.05) is 49.7 Å². The number of anilines is 1. The van der Waals surface area contributed by atoms with Crippen LogP contribution in [0.4, 0.5) is 5.69 Å². The molecule has 0 radical (unpaired) electrons. The van der Waals surface area contributed by atoms with Crippen LogP contribution in [0.5, 0.6) is 0 Å². The van der Waals surface area contributed by atoms with E-state index < -0.39 is 11.9 Å². The van der Waals surface area contributed by atoms with Crippen LogP contribution in [0.3, 0.4) is 0 Å². The fourth-order valence-electron chi connectivity index (χ4n) is 3.80. The molecule has 180 valence electrons. The van der Waals surface area contributed by atoms with Gasteiger partial charge in [0.2, 0.25) is 5.91 Å². The first-order chi connectivity index (χ1) is 16.9. The van der Waals surface area contributed by atoms with Gasteiger partial charge in [-0.3, -0.25) is 15.0 Å². The minimum atomic E-state index is -0.918. The number of carbonyl (C=O) groups is 2. The molecule has 12 heteroatoms. The zero-order valence-electron chi connectivity index (χ0n) is 19.1. The molecule has 1 aromatic carbocycles. The fourth-order valence-corrected chi connectivity index (χ4v) is 3.97. The van der Waals surface area contributed by atoms with Gasteiger partial charge in [-0.2, -0.15) is 5.26 Å². The summed E-state index contributed by atoms with van der Waals surface area (Å²) in [6.07, 6.45) is 2.90. The van der Waals surface area contributed by atoms with Gasteiger partial charge in [0.25, 0.3) is 5.91 Å². The van der Waals surface area contributed by atoms with Crippen LogP contribution in [-0.4, -0.2) is 77.3 Å². The predicted molar refractivity (Wildman–Crippen MR) is 130 cm³/mol. The number of nitriles is 1. The number of nitrogens with zero attached hydrogens (tertiary/aromatic N) is 4. The van der Waals surface area contributed by atoms with Crippen LogP contribution in [0.2, 0.25) is 5.02 Å². The van der Waals surface area contributed by atoms with Gasteiger partial charge in [-0.15, -0.1) is 0 Å². The van der Waals surface area contributed by atoms with Crippen LogP contribution >= 0.6 is 11.6 Å². The maximum Gasteiger partial charge on any atom is 0.255 e. The number of rotatable bonds is 8. The second-order valence-corrected chi connectivity index (χ2v) is 8.46. The monoisotopic (exact) mass is 494 g/mol. The molecule has 11 nitrogen and oxygen atoms in total. The first kappa shape index (κ1) is 24.1. The highest BCUT2D eigenvalue weighted by molar-refractivity contribution is 6.31. The van der Waals surface area contributed by atoms with Crippen molar-refractivity contribution < 1.29 is 14.3 Å². The number of amides is 2. The molecule has 4 N–H and O–H groups in total. The Morgan fingerprint density at radius 1 is 1.40 bits per heavy atom. The highest BCUT2D eigenvalue weighted by atomic mass is 35.5. The normalized spacial score (nSPS) is 14.2. The van der Waals surface area contributed by atoms with Crippen molar-refractivity contribution in [2.45, 2.75) is 6.04 Å². The lowest BCUT2D eigenvalue weighted by Crippen LogP contribution is -2.57. The number of halogens is 1. The topological polar surface area (TPSA) is 160 Å². The number of nitrogens with one attached hydrogen (secondary N) is 4. The Morgan fingerprint density at radius 2 is 2.17 bits per heavy atom. The summed E-state index contributed by atoms with van der Waals surface area (Å²) < 4.78 is 5.13. The van der Waals surface area contributed by atoms with Crippen molar-refractivity contribution in [3.05, 3.63) is 52.4 Å². The van der Waals surface area contributed by atoms with E-state index in [2.05, 4.69) is 31.7 Å². The number of methoxy groups -OCH3 is 1.